The first kappa shape index (κ1) is 15.2. The van der Waals surface area contributed by atoms with Gasteiger partial charge in [-0.15, -0.1) is 0 Å². The predicted octanol–water partition coefficient (Wildman–Crippen LogP) is 2.54. The summed E-state index contributed by atoms with van der Waals surface area (Å²) in [5, 5.41) is 4.31. The molecule has 0 aromatic carbocycles. The van der Waals surface area contributed by atoms with Crippen LogP contribution in [-0.2, 0) is 0 Å². The SMILES string of the molecule is O=C(c1ccc(OCC2CC2)nc1)N1CCC[C@H](n2cccn2)C1. The van der Waals surface area contributed by atoms with E-state index in [0.717, 1.165) is 26.0 Å². The van der Waals surface area contributed by atoms with Crippen molar-refractivity contribution in [3.05, 3.63) is 42.4 Å². The minimum Gasteiger partial charge on any atom is -0.477 e. The molecule has 2 fully saturated rings. The van der Waals surface area contributed by atoms with E-state index in [1.54, 1.807) is 18.5 Å². The maximum atomic E-state index is 12.7. The number of ether oxygens (including phenoxy) is 1. The molecule has 2 aromatic rings. The minimum atomic E-state index is 0.0353. The molecule has 1 atom stereocenters. The molecule has 0 N–H and O–H groups in total. The van der Waals surface area contributed by atoms with Crippen molar-refractivity contribution in [2.45, 2.75) is 31.7 Å². The van der Waals surface area contributed by atoms with Crippen LogP contribution in [0.15, 0.2) is 36.8 Å². The fourth-order valence-electron chi connectivity index (χ4n) is 3.11. The summed E-state index contributed by atoms with van der Waals surface area (Å²) in [6.07, 6.45) is 9.93. The number of pyridine rings is 1. The Balaban J connectivity index is 1.38. The normalized spacial score (nSPS) is 20.8. The summed E-state index contributed by atoms with van der Waals surface area (Å²) in [4.78, 5) is 18.9. The van der Waals surface area contributed by atoms with Crippen LogP contribution in [-0.4, -0.2) is 45.3 Å². The molecular weight excluding hydrogens is 304 g/mol. The molecule has 1 aliphatic carbocycles. The largest absolute Gasteiger partial charge is 0.477 e. The zero-order valence-corrected chi connectivity index (χ0v) is 13.7. The van der Waals surface area contributed by atoms with Gasteiger partial charge < -0.3 is 9.64 Å². The van der Waals surface area contributed by atoms with Gasteiger partial charge in [0.2, 0.25) is 5.88 Å². The fourth-order valence-corrected chi connectivity index (χ4v) is 3.11. The summed E-state index contributed by atoms with van der Waals surface area (Å²) in [6.45, 7) is 2.22. The quantitative estimate of drug-likeness (QED) is 0.847. The second-order valence-corrected chi connectivity index (χ2v) is 6.67. The van der Waals surface area contributed by atoms with Gasteiger partial charge in [0.1, 0.15) is 0 Å². The van der Waals surface area contributed by atoms with Crippen LogP contribution in [0.4, 0.5) is 0 Å². The highest BCUT2D eigenvalue weighted by Crippen LogP contribution is 2.29. The molecule has 0 spiro atoms. The Morgan fingerprint density at radius 2 is 2.21 bits per heavy atom. The summed E-state index contributed by atoms with van der Waals surface area (Å²) >= 11 is 0. The van der Waals surface area contributed by atoms with Crippen LogP contribution in [0.1, 0.15) is 42.1 Å². The van der Waals surface area contributed by atoms with Crippen LogP contribution in [0.5, 0.6) is 5.88 Å². The minimum absolute atomic E-state index is 0.0353. The molecule has 6 heteroatoms. The Morgan fingerprint density at radius 3 is 2.92 bits per heavy atom. The third kappa shape index (κ3) is 3.42. The van der Waals surface area contributed by atoms with E-state index in [-0.39, 0.29) is 11.9 Å². The number of nitrogens with zero attached hydrogens (tertiary/aromatic N) is 4. The third-order valence-corrected chi connectivity index (χ3v) is 4.73. The molecule has 0 unspecified atom stereocenters. The van der Waals surface area contributed by atoms with Gasteiger partial charge in [-0.25, -0.2) is 4.98 Å². The molecule has 6 nitrogen and oxygen atoms in total. The number of likely N-dealkylation sites (tertiary alicyclic amines) is 1. The van der Waals surface area contributed by atoms with Crippen molar-refractivity contribution < 1.29 is 9.53 Å². The summed E-state index contributed by atoms with van der Waals surface area (Å²) < 4.78 is 7.58. The number of hydrogen-bond acceptors (Lipinski definition) is 4. The summed E-state index contributed by atoms with van der Waals surface area (Å²) in [6, 6.07) is 5.79. The van der Waals surface area contributed by atoms with E-state index in [4.69, 9.17) is 4.74 Å². The van der Waals surface area contributed by atoms with E-state index in [0.29, 0.717) is 23.9 Å². The van der Waals surface area contributed by atoms with E-state index in [1.807, 2.05) is 27.9 Å². The molecule has 2 aromatic heterocycles. The first-order valence-electron chi connectivity index (χ1n) is 8.67. The molecule has 1 aliphatic heterocycles. The molecule has 4 rings (SSSR count). The van der Waals surface area contributed by atoms with Crippen molar-refractivity contribution in [3.63, 3.8) is 0 Å². The Morgan fingerprint density at radius 1 is 1.29 bits per heavy atom. The lowest BCUT2D eigenvalue weighted by Crippen LogP contribution is -2.40. The van der Waals surface area contributed by atoms with Crippen LogP contribution in [0.25, 0.3) is 0 Å². The Hall–Kier alpha value is -2.37. The molecule has 126 valence electrons. The summed E-state index contributed by atoms with van der Waals surface area (Å²) in [5.74, 6) is 1.33. The van der Waals surface area contributed by atoms with Gasteiger partial charge in [-0.3, -0.25) is 9.48 Å². The molecule has 1 saturated heterocycles. The Kier molecular flexibility index (Phi) is 4.19. The topological polar surface area (TPSA) is 60.2 Å². The standard InChI is InChI=1S/C18H22N4O2/c23-18(15-6-7-17(19-11-15)24-13-14-4-5-14)21-9-1-3-16(12-21)22-10-2-8-20-22/h2,6-8,10-11,14,16H,1,3-5,9,12-13H2/t16-/m0/s1. The summed E-state index contributed by atoms with van der Waals surface area (Å²) in [5.41, 5.74) is 0.620. The highest BCUT2D eigenvalue weighted by Gasteiger charge is 2.26. The van der Waals surface area contributed by atoms with Gasteiger partial charge in [-0.1, -0.05) is 0 Å². The monoisotopic (exact) mass is 326 g/mol. The lowest BCUT2D eigenvalue weighted by molar-refractivity contribution is 0.0672. The van der Waals surface area contributed by atoms with Gasteiger partial charge in [-0.2, -0.15) is 5.10 Å². The molecule has 3 heterocycles. The number of carbonyl (C=O) groups excluding carboxylic acids is 1. The van der Waals surface area contributed by atoms with E-state index in [1.165, 1.54) is 12.8 Å². The first-order valence-corrected chi connectivity index (χ1v) is 8.67. The molecule has 0 radical (unpaired) electrons. The van der Waals surface area contributed by atoms with Gasteiger partial charge in [0.15, 0.2) is 0 Å². The maximum absolute atomic E-state index is 12.7. The molecular formula is C18H22N4O2. The van der Waals surface area contributed by atoms with Crippen LogP contribution in [0.3, 0.4) is 0 Å². The maximum Gasteiger partial charge on any atom is 0.255 e. The molecule has 24 heavy (non-hydrogen) atoms. The highest BCUT2D eigenvalue weighted by atomic mass is 16.5. The van der Waals surface area contributed by atoms with Gasteiger partial charge in [0, 0.05) is 37.7 Å². The lowest BCUT2D eigenvalue weighted by Gasteiger charge is -2.32. The number of amides is 1. The van der Waals surface area contributed by atoms with Gasteiger partial charge in [0.25, 0.3) is 5.91 Å². The third-order valence-electron chi connectivity index (χ3n) is 4.73. The summed E-state index contributed by atoms with van der Waals surface area (Å²) in [7, 11) is 0. The predicted molar refractivity (Wildman–Crippen MR) is 88.9 cm³/mol. The van der Waals surface area contributed by atoms with Crippen LogP contribution in [0, 0.1) is 5.92 Å². The van der Waals surface area contributed by atoms with Gasteiger partial charge >= 0.3 is 0 Å². The number of aromatic nitrogens is 3. The Bertz CT molecular complexity index is 680. The van der Waals surface area contributed by atoms with Crippen molar-refractivity contribution in [2.75, 3.05) is 19.7 Å². The van der Waals surface area contributed by atoms with Crippen LogP contribution in [0.2, 0.25) is 0 Å². The van der Waals surface area contributed by atoms with Gasteiger partial charge in [0.05, 0.1) is 18.2 Å². The van der Waals surface area contributed by atoms with E-state index in [9.17, 15) is 4.79 Å². The van der Waals surface area contributed by atoms with Crippen molar-refractivity contribution in [1.82, 2.24) is 19.7 Å². The number of hydrogen-bond donors (Lipinski definition) is 0. The van der Waals surface area contributed by atoms with Crippen molar-refractivity contribution in [1.29, 1.82) is 0 Å². The Labute approximate surface area is 141 Å². The average Bonchev–Trinajstić information content (AvgIpc) is 3.30. The van der Waals surface area contributed by atoms with Crippen molar-refractivity contribution in [3.8, 4) is 5.88 Å². The second-order valence-electron chi connectivity index (χ2n) is 6.67. The highest BCUT2D eigenvalue weighted by molar-refractivity contribution is 5.94. The smallest absolute Gasteiger partial charge is 0.255 e. The van der Waals surface area contributed by atoms with Gasteiger partial charge in [-0.05, 0) is 43.7 Å². The van der Waals surface area contributed by atoms with E-state index < -0.39 is 0 Å². The second kappa shape index (κ2) is 6.63. The zero-order valence-electron chi connectivity index (χ0n) is 13.7. The number of piperidine rings is 1. The molecule has 1 saturated carbocycles. The van der Waals surface area contributed by atoms with Crippen molar-refractivity contribution in [2.24, 2.45) is 5.92 Å². The van der Waals surface area contributed by atoms with Crippen LogP contribution < -0.4 is 4.74 Å². The van der Waals surface area contributed by atoms with Crippen LogP contribution >= 0.6 is 0 Å². The average molecular weight is 326 g/mol. The molecule has 2 aliphatic rings. The first-order chi connectivity index (χ1) is 11.8. The lowest BCUT2D eigenvalue weighted by atomic mass is 10.0. The van der Waals surface area contributed by atoms with E-state index >= 15 is 0 Å². The molecule has 1 amide bonds. The van der Waals surface area contributed by atoms with E-state index in [2.05, 4.69) is 10.1 Å². The number of rotatable bonds is 5. The van der Waals surface area contributed by atoms with Crippen molar-refractivity contribution >= 4 is 5.91 Å². The number of carbonyl (C=O) groups is 1. The zero-order chi connectivity index (χ0) is 16.4. The fraction of sp³-hybridized carbons (Fsp3) is 0.500. The molecule has 0 bridgehead atoms.